The largest absolute Gasteiger partial charge is 0.381 e. The van der Waals surface area contributed by atoms with Crippen LogP contribution in [0, 0.1) is 5.92 Å². The predicted molar refractivity (Wildman–Crippen MR) is 111 cm³/mol. The van der Waals surface area contributed by atoms with Crippen molar-refractivity contribution in [2.45, 2.75) is 57.2 Å². The molecule has 1 atom stereocenters. The van der Waals surface area contributed by atoms with Crippen LogP contribution in [0.2, 0.25) is 0 Å². The molecule has 1 aromatic rings. The second-order valence-electron chi connectivity index (χ2n) is 8.72. The molecule has 0 radical (unpaired) electrons. The number of amides is 1. The van der Waals surface area contributed by atoms with E-state index < -0.39 is 0 Å². The molecule has 4 rings (SSSR count). The highest BCUT2D eigenvalue weighted by atomic mass is 16.5. The van der Waals surface area contributed by atoms with Gasteiger partial charge in [-0.1, -0.05) is 30.3 Å². The number of nitrogens with one attached hydrogen (secondary N) is 1. The van der Waals surface area contributed by atoms with E-state index in [2.05, 4.69) is 45.4 Å². The number of nitrogens with zero attached hydrogens (tertiary/aromatic N) is 2. The van der Waals surface area contributed by atoms with E-state index in [4.69, 9.17) is 4.74 Å². The van der Waals surface area contributed by atoms with Crippen molar-refractivity contribution < 1.29 is 9.53 Å². The minimum Gasteiger partial charge on any atom is -0.381 e. The summed E-state index contributed by atoms with van der Waals surface area (Å²) in [6.45, 7) is 7.04. The first-order chi connectivity index (χ1) is 13.8. The smallest absolute Gasteiger partial charge is 0.224 e. The Bertz CT molecular complexity index is 610. The van der Waals surface area contributed by atoms with Crippen molar-refractivity contribution in [2.24, 2.45) is 5.92 Å². The molecule has 5 nitrogen and oxygen atoms in total. The third-order valence-electron chi connectivity index (χ3n) is 6.71. The monoisotopic (exact) mass is 385 g/mol. The molecule has 0 saturated carbocycles. The lowest BCUT2D eigenvalue weighted by atomic mass is 9.92. The molecule has 3 fully saturated rings. The maximum absolute atomic E-state index is 12.8. The third-order valence-corrected chi connectivity index (χ3v) is 6.71. The molecule has 0 spiro atoms. The number of rotatable bonds is 5. The van der Waals surface area contributed by atoms with Crippen LogP contribution in [0.5, 0.6) is 0 Å². The molecule has 3 aliphatic rings. The van der Waals surface area contributed by atoms with Crippen LogP contribution >= 0.6 is 0 Å². The van der Waals surface area contributed by atoms with Crippen LogP contribution in [0.1, 0.15) is 44.1 Å². The lowest BCUT2D eigenvalue weighted by Crippen LogP contribution is -2.52. The van der Waals surface area contributed by atoms with Gasteiger partial charge in [0.1, 0.15) is 0 Å². The first-order valence-corrected chi connectivity index (χ1v) is 11.2. The second-order valence-corrected chi connectivity index (χ2v) is 8.72. The summed E-state index contributed by atoms with van der Waals surface area (Å²) >= 11 is 0. The summed E-state index contributed by atoms with van der Waals surface area (Å²) < 4.78 is 5.41. The number of likely N-dealkylation sites (tertiary alicyclic amines) is 2. The van der Waals surface area contributed by atoms with E-state index in [9.17, 15) is 4.79 Å². The molecule has 3 heterocycles. The highest BCUT2D eigenvalue weighted by Crippen LogP contribution is 2.25. The first-order valence-electron chi connectivity index (χ1n) is 11.2. The van der Waals surface area contributed by atoms with Crippen molar-refractivity contribution in [2.75, 3.05) is 39.4 Å². The zero-order chi connectivity index (χ0) is 19.2. The van der Waals surface area contributed by atoms with Crippen LogP contribution in [-0.4, -0.2) is 67.2 Å². The van der Waals surface area contributed by atoms with Gasteiger partial charge in [-0.2, -0.15) is 0 Å². The van der Waals surface area contributed by atoms with Crippen LogP contribution in [0.4, 0.5) is 0 Å². The van der Waals surface area contributed by atoms with Crippen molar-refractivity contribution >= 4 is 5.91 Å². The van der Waals surface area contributed by atoms with Gasteiger partial charge in [-0.15, -0.1) is 0 Å². The zero-order valence-corrected chi connectivity index (χ0v) is 17.0. The van der Waals surface area contributed by atoms with E-state index in [1.807, 2.05) is 0 Å². The maximum atomic E-state index is 12.8. The van der Waals surface area contributed by atoms with Crippen molar-refractivity contribution in [3.8, 4) is 0 Å². The minimum absolute atomic E-state index is 0.166. The Morgan fingerprint density at radius 2 is 1.75 bits per heavy atom. The average Bonchev–Trinajstić information content (AvgIpc) is 2.76. The summed E-state index contributed by atoms with van der Waals surface area (Å²) in [6.07, 6.45) is 6.56. The number of ether oxygens (including phenoxy) is 1. The maximum Gasteiger partial charge on any atom is 0.224 e. The first kappa shape index (κ1) is 19.9. The predicted octanol–water partition coefficient (Wildman–Crippen LogP) is 2.66. The Morgan fingerprint density at radius 3 is 2.50 bits per heavy atom. The molecule has 28 heavy (non-hydrogen) atoms. The van der Waals surface area contributed by atoms with Gasteiger partial charge in [0.2, 0.25) is 5.91 Å². The fourth-order valence-corrected chi connectivity index (χ4v) is 5.00. The van der Waals surface area contributed by atoms with Crippen LogP contribution in [0.25, 0.3) is 0 Å². The van der Waals surface area contributed by atoms with Crippen LogP contribution in [0.3, 0.4) is 0 Å². The molecule has 1 amide bonds. The van der Waals surface area contributed by atoms with Gasteiger partial charge < -0.3 is 10.1 Å². The van der Waals surface area contributed by atoms with E-state index in [0.717, 1.165) is 71.6 Å². The van der Waals surface area contributed by atoms with Gasteiger partial charge in [0, 0.05) is 38.4 Å². The van der Waals surface area contributed by atoms with Gasteiger partial charge in [-0.25, -0.2) is 0 Å². The molecule has 1 aromatic carbocycles. The summed E-state index contributed by atoms with van der Waals surface area (Å²) in [4.78, 5) is 17.9. The Labute approximate surface area is 169 Å². The van der Waals surface area contributed by atoms with Crippen molar-refractivity contribution in [1.29, 1.82) is 0 Å². The molecular weight excluding hydrogens is 350 g/mol. The molecule has 3 saturated heterocycles. The number of piperidine rings is 2. The number of carbonyl (C=O) groups is 1. The quantitative estimate of drug-likeness (QED) is 0.846. The van der Waals surface area contributed by atoms with E-state index in [1.165, 1.54) is 18.4 Å². The zero-order valence-electron chi connectivity index (χ0n) is 17.0. The molecule has 0 bridgehead atoms. The molecule has 5 heteroatoms. The van der Waals surface area contributed by atoms with Gasteiger partial charge in [0.05, 0.1) is 5.92 Å². The van der Waals surface area contributed by atoms with E-state index in [-0.39, 0.29) is 11.8 Å². The van der Waals surface area contributed by atoms with Crippen LogP contribution in [0.15, 0.2) is 30.3 Å². The number of hydrogen-bond acceptors (Lipinski definition) is 4. The van der Waals surface area contributed by atoms with Gasteiger partial charge in [-0.05, 0) is 63.7 Å². The highest BCUT2D eigenvalue weighted by molar-refractivity contribution is 5.79. The van der Waals surface area contributed by atoms with Gasteiger partial charge in [-0.3, -0.25) is 14.6 Å². The van der Waals surface area contributed by atoms with E-state index >= 15 is 0 Å². The van der Waals surface area contributed by atoms with Gasteiger partial charge >= 0.3 is 0 Å². The Hall–Kier alpha value is -1.43. The Balaban J connectivity index is 1.23. The Morgan fingerprint density at radius 1 is 1.00 bits per heavy atom. The fourth-order valence-electron chi connectivity index (χ4n) is 5.00. The SMILES string of the molecule is O=C(NC1CCOCC1)[C@H]1CCCN(C2CCN(Cc3ccccc3)CC2)C1. The summed E-state index contributed by atoms with van der Waals surface area (Å²) in [5.41, 5.74) is 1.41. The number of hydrogen-bond donors (Lipinski definition) is 1. The van der Waals surface area contributed by atoms with Crippen molar-refractivity contribution in [3.63, 3.8) is 0 Å². The summed E-state index contributed by atoms with van der Waals surface area (Å²) in [6, 6.07) is 11.7. The number of carbonyl (C=O) groups excluding carboxylic acids is 1. The summed E-state index contributed by atoms with van der Waals surface area (Å²) in [7, 11) is 0. The average molecular weight is 386 g/mol. The summed E-state index contributed by atoms with van der Waals surface area (Å²) in [5, 5.41) is 3.29. The second kappa shape index (κ2) is 9.86. The van der Waals surface area contributed by atoms with Crippen molar-refractivity contribution in [3.05, 3.63) is 35.9 Å². The van der Waals surface area contributed by atoms with E-state index in [1.54, 1.807) is 0 Å². The molecule has 0 aromatic heterocycles. The molecule has 1 N–H and O–H groups in total. The molecular formula is C23H35N3O2. The molecule has 0 aliphatic carbocycles. The normalized spacial score (nSPS) is 26.2. The Kier molecular flexibility index (Phi) is 7.00. The topological polar surface area (TPSA) is 44.8 Å². The van der Waals surface area contributed by atoms with Gasteiger partial charge in [0.25, 0.3) is 0 Å². The highest BCUT2D eigenvalue weighted by Gasteiger charge is 2.32. The summed E-state index contributed by atoms with van der Waals surface area (Å²) in [5.74, 6) is 0.442. The number of benzene rings is 1. The molecule has 154 valence electrons. The van der Waals surface area contributed by atoms with E-state index in [0.29, 0.717) is 12.1 Å². The molecule has 3 aliphatic heterocycles. The third kappa shape index (κ3) is 5.34. The minimum atomic E-state index is 0.166. The van der Waals surface area contributed by atoms with Crippen LogP contribution < -0.4 is 5.32 Å². The van der Waals surface area contributed by atoms with Crippen molar-refractivity contribution in [1.82, 2.24) is 15.1 Å². The van der Waals surface area contributed by atoms with Gasteiger partial charge in [0.15, 0.2) is 0 Å². The van der Waals surface area contributed by atoms with Crippen LogP contribution in [-0.2, 0) is 16.1 Å². The lowest BCUT2D eigenvalue weighted by molar-refractivity contribution is -0.128. The fraction of sp³-hybridized carbons (Fsp3) is 0.696. The molecule has 0 unspecified atom stereocenters. The lowest BCUT2D eigenvalue weighted by Gasteiger charge is -2.42. The standard InChI is InChI=1S/C23H35N3O2/c27-23(24-21-10-15-28-16-11-21)20-7-4-12-26(18-20)22-8-13-25(14-9-22)17-19-5-2-1-3-6-19/h1-3,5-6,20-22H,4,7-18H2,(H,24,27)/t20-/m0/s1.